The van der Waals surface area contributed by atoms with Crippen LogP contribution in [0, 0.1) is 0 Å². The molecule has 1 aromatic carbocycles. The largest absolute Gasteiger partial charge is 0.492 e. The van der Waals surface area contributed by atoms with Gasteiger partial charge in [0.05, 0.1) is 0 Å². The lowest BCUT2D eigenvalue weighted by Crippen LogP contribution is -2.33. The molecule has 0 unspecified atom stereocenters. The van der Waals surface area contributed by atoms with Crippen LogP contribution in [-0.4, -0.2) is 57.1 Å². The SMILES string of the molecule is CNC(=O)COc1ccc(OCCNC[C@H](O)COc2ccsc2)cc1. The minimum atomic E-state index is -0.577. The first-order valence-electron chi connectivity index (χ1n) is 8.27. The predicted molar refractivity (Wildman–Crippen MR) is 100 cm³/mol. The summed E-state index contributed by atoms with van der Waals surface area (Å²) in [6, 6.07) is 8.92. The molecule has 26 heavy (non-hydrogen) atoms. The predicted octanol–water partition coefficient (Wildman–Crippen LogP) is 1.28. The molecular weight excluding hydrogens is 356 g/mol. The molecular formula is C18H24N2O5S. The fraction of sp³-hybridized carbons (Fsp3) is 0.389. The number of hydrogen-bond donors (Lipinski definition) is 3. The molecule has 0 saturated carbocycles. The minimum absolute atomic E-state index is 0.0148. The minimum Gasteiger partial charge on any atom is -0.492 e. The van der Waals surface area contributed by atoms with Crippen molar-refractivity contribution in [3.63, 3.8) is 0 Å². The lowest BCUT2D eigenvalue weighted by molar-refractivity contribution is -0.122. The van der Waals surface area contributed by atoms with Crippen LogP contribution in [0.15, 0.2) is 41.1 Å². The van der Waals surface area contributed by atoms with Crippen LogP contribution in [0.4, 0.5) is 0 Å². The number of rotatable bonds is 12. The van der Waals surface area contributed by atoms with Crippen LogP contribution in [-0.2, 0) is 4.79 Å². The number of carbonyl (C=O) groups excluding carboxylic acids is 1. The van der Waals surface area contributed by atoms with Gasteiger partial charge in [-0.3, -0.25) is 4.79 Å². The zero-order valence-electron chi connectivity index (χ0n) is 14.6. The Kier molecular flexibility index (Phi) is 8.74. The quantitative estimate of drug-likeness (QED) is 0.481. The van der Waals surface area contributed by atoms with Gasteiger partial charge < -0.3 is 30.0 Å². The van der Waals surface area contributed by atoms with Crippen molar-refractivity contribution in [3.8, 4) is 17.2 Å². The first-order chi connectivity index (χ1) is 12.7. The summed E-state index contributed by atoms with van der Waals surface area (Å²) in [4.78, 5) is 11.1. The van der Waals surface area contributed by atoms with Crippen LogP contribution in [0.5, 0.6) is 17.2 Å². The second-order valence-electron chi connectivity index (χ2n) is 5.41. The van der Waals surface area contributed by atoms with Crippen LogP contribution >= 0.6 is 11.3 Å². The number of amides is 1. The Hall–Kier alpha value is -2.29. The second-order valence-corrected chi connectivity index (χ2v) is 6.19. The molecule has 2 rings (SSSR count). The van der Waals surface area contributed by atoms with Crippen LogP contribution in [0.25, 0.3) is 0 Å². The summed E-state index contributed by atoms with van der Waals surface area (Å²) in [6.45, 7) is 1.74. The molecule has 0 aliphatic carbocycles. The van der Waals surface area contributed by atoms with Gasteiger partial charge in [-0.25, -0.2) is 0 Å². The summed E-state index contributed by atoms with van der Waals surface area (Å²) in [6.07, 6.45) is -0.577. The molecule has 0 spiro atoms. The van der Waals surface area contributed by atoms with Crippen molar-refractivity contribution in [1.29, 1.82) is 0 Å². The lowest BCUT2D eigenvalue weighted by atomic mass is 10.3. The highest BCUT2D eigenvalue weighted by Gasteiger charge is 2.05. The first-order valence-corrected chi connectivity index (χ1v) is 9.21. The molecule has 8 heteroatoms. The Bertz CT molecular complexity index is 634. The zero-order valence-corrected chi connectivity index (χ0v) is 15.5. The fourth-order valence-electron chi connectivity index (χ4n) is 1.95. The van der Waals surface area contributed by atoms with Gasteiger partial charge in [0.2, 0.25) is 0 Å². The van der Waals surface area contributed by atoms with Crippen LogP contribution in [0.3, 0.4) is 0 Å². The van der Waals surface area contributed by atoms with Crippen molar-refractivity contribution < 1.29 is 24.1 Å². The molecule has 1 atom stereocenters. The van der Waals surface area contributed by atoms with E-state index >= 15 is 0 Å². The van der Waals surface area contributed by atoms with Crippen molar-refractivity contribution in [2.75, 3.05) is 40.0 Å². The third kappa shape index (κ3) is 7.73. The molecule has 1 aromatic heterocycles. The molecule has 0 aliphatic rings. The third-order valence-corrected chi connectivity index (χ3v) is 4.00. The Morgan fingerprint density at radius 3 is 2.50 bits per heavy atom. The van der Waals surface area contributed by atoms with Crippen molar-refractivity contribution in [1.82, 2.24) is 10.6 Å². The van der Waals surface area contributed by atoms with Gasteiger partial charge in [0.1, 0.15) is 36.6 Å². The number of thiophene rings is 1. The molecule has 1 heterocycles. The number of aliphatic hydroxyl groups excluding tert-OH is 1. The number of nitrogens with one attached hydrogen (secondary N) is 2. The number of hydrogen-bond acceptors (Lipinski definition) is 7. The number of carbonyl (C=O) groups is 1. The number of aliphatic hydroxyl groups is 1. The maximum Gasteiger partial charge on any atom is 0.257 e. The summed E-state index contributed by atoms with van der Waals surface area (Å²) >= 11 is 1.55. The molecule has 142 valence electrons. The lowest BCUT2D eigenvalue weighted by Gasteiger charge is -2.13. The molecule has 0 aliphatic heterocycles. The first kappa shape index (κ1) is 20.0. The fourth-order valence-corrected chi connectivity index (χ4v) is 2.52. The highest BCUT2D eigenvalue weighted by atomic mass is 32.1. The molecule has 0 radical (unpaired) electrons. The standard InChI is InChI=1S/C18H24N2O5S/c1-19-18(22)12-25-16-4-2-15(3-5-16)23-8-7-20-10-14(21)11-24-17-6-9-26-13-17/h2-6,9,13-14,20-21H,7-8,10-12H2,1H3,(H,19,22)/t14-/m0/s1. The normalized spacial score (nSPS) is 11.6. The number of benzene rings is 1. The van der Waals surface area contributed by atoms with Crippen LogP contribution in [0.1, 0.15) is 0 Å². The molecule has 3 N–H and O–H groups in total. The Balaban J connectivity index is 1.54. The average Bonchev–Trinajstić information content (AvgIpc) is 3.18. The van der Waals surface area contributed by atoms with E-state index in [2.05, 4.69) is 10.6 Å². The van der Waals surface area contributed by atoms with Crippen LogP contribution < -0.4 is 24.8 Å². The smallest absolute Gasteiger partial charge is 0.257 e. The summed E-state index contributed by atoms with van der Waals surface area (Å²) < 4.78 is 16.4. The topological polar surface area (TPSA) is 89.1 Å². The van der Waals surface area contributed by atoms with E-state index in [4.69, 9.17) is 14.2 Å². The average molecular weight is 380 g/mol. The maximum absolute atomic E-state index is 11.1. The summed E-state index contributed by atoms with van der Waals surface area (Å²) in [5.74, 6) is 1.91. The van der Waals surface area contributed by atoms with E-state index in [9.17, 15) is 9.90 Å². The van der Waals surface area contributed by atoms with E-state index in [0.717, 1.165) is 5.75 Å². The summed E-state index contributed by atoms with van der Waals surface area (Å²) in [5.41, 5.74) is 0. The summed E-state index contributed by atoms with van der Waals surface area (Å²) in [7, 11) is 1.56. The molecule has 0 fully saturated rings. The summed E-state index contributed by atoms with van der Waals surface area (Å²) in [5, 5.41) is 19.3. The molecule has 1 amide bonds. The molecule has 0 bridgehead atoms. The van der Waals surface area contributed by atoms with Crippen molar-refractivity contribution in [3.05, 3.63) is 41.1 Å². The van der Waals surface area contributed by atoms with Gasteiger partial charge in [-0.2, -0.15) is 0 Å². The van der Waals surface area contributed by atoms with E-state index in [1.54, 1.807) is 42.6 Å². The van der Waals surface area contributed by atoms with Gasteiger partial charge in [0.15, 0.2) is 6.61 Å². The van der Waals surface area contributed by atoms with Crippen LogP contribution in [0.2, 0.25) is 0 Å². The monoisotopic (exact) mass is 380 g/mol. The third-order valence-electron chi connectivity index (χ3n) is 3.34. The number of likely N-dealkylation sites (N-methyl/N-ethyl adjacent to an activating group) is 1. The molecule has 0 saturated heterocycles. The highest BCUT2D eigenvalue weighted by Crippen LogP contribution is 2.17. The van der Waals surface area contributed by atoms with Crippen molar-refractivity contribution >= 4 is 17.2 Å². The van der Waals surface area contributed by atoms with Gasteiger partial charge in [0.25, 0.3) is 5.91 Å². The van der Waals surface area contributed by atoms with Gasteiger partial charge in [-0.05, 0) is 35.7 Å². The zero-order chi connectivity index (χ0) is 18.6. The van der Waals surface area contributed by atoms with Gasteiger partial charge in [0, 0.05) is 25.5 Å². The van der Waals surface area contributed by atoms with E-state index in [1.807, 2.05) is 16.8 Å². The van der Waals surface area contributed by atoms with Gasteiger partial charge in [-0.1, -0.05) is 0 Å². The second kappa shape index (κ2) is 11.3. The van der Waals surface area contributed by atoms with E-state index in [-0.39, 0.29) is 19.1 Å². The highest BCUT2D eigenvalue weighted by molar-refractivity contribution is 7.08. The van der Waals surface area contributed by atoms with Gasteiger partial charge >= 0.3 is 0 Å². The van der Waals surface area contributed by atoms with Crippen molar-refractivity contribution in [2.45, 2.75) is 6.10 Å². The number of ether oxygens (including phenoxy) is 3. The van der Waals surface area contributed by atoms with E-state index < -0.39 is 6.10 Å². The van der Waals surface area contributed by atoms with Gasteiger partial charge in [-0.15, -0.1) is 11.3 Å². The Labute approximate surface area is 156 Å². The van der Waals surface area contributed by atoms with Crippen molar-refractivity contribution in [2.24, 2.45) is 0 Å². The van der Waals surface area contributed by atoms with E-state index in [0.29, 0.717) is 31.2 Å². The Morgan fingerprint density at radius 2 is 1.85 bits per heavy atom. The molecule has 2 aromatic rings. The molecule has 7 nitrogen and oxygen atoms in total. The Morgan fingerprint density at radius 1 is 1.12 bits per heavy atom. The maximum atomic E-state index is 11.1. The van der Waals surface area contributed by atoms with E-state index in [1.165, 1.54) is 0 Å².